The third-order valence-electron chi connectivity index (χ3n) is 5.39. The molecule has 5 rings (SSSR count). The average molecular weight is 346 g/mol. The van der Waals surface area contributed by atoms with E-state index in [1.807, 2.05) is 37.3 Å². The van der Waals surface area contributed by atoms with Gasteiger partial charge in [-0.05, 0) is 44.0 Å². The largest absolute Gasteiger partial charge is 0.497 e. The Balaban J connectivity index is 2.15. The number of aryl methyl sites for hydroxylation is 3. The predicted octanol–water partition coefficient (Wildman–Crippen LogP) is 3.03. The molecule has 0 saturated carbocycles. The predicted molar refractivity (Wildman–Crippen MR) is 103 cm³/mol. The van der Waals surface area contributed by atoms with Crippen LogP contribution in [0.2, 0.25) is 0 Å². The van der Waals surface area contributed by atoms with E-state index < -0.39 is 0 Å². The van der Waals surface area contributed by atoms with E-state index in [0.29, 0.717) is 28.5 Å². The molecule has 3 heterocycles. The van der Waals surface area contributed by atoms with Gasteiger partial charge in [-0.3, -0.25) is 14.0 Å². The maximum atomic E-state index is 13.3. The van der Waals surface area contributed by atoms with Crippen molar-refractivity contribution < 1.29 is 4.74 Å². The highest BCUT2D eigenvalue weighted by Gasteiger charge is 2.22. The normalized spacial score (nSPS) is 13.6. The van der Waals surface area contributed by atoms with Crippen LogP contribution in [0.5, 0.6) is 5.75 Å². The molecule has 0 fully saturated rings. The zero-order valence-electron chi connectivity index (χ0n) is 14.7. The fourth-order valence-corrected chi connectivity index (χ4v) is 4.17. The van der Waals surface area contributed by atoms with Crippen LogP contribution in [-0.4, -0.2) is 16.1 Å². The number of fused-ring (bicyclic) bond motifs is 4. The second-order valence-corrected chi connectivity index (χ2v) is 6.93. The van der Waals surface area contributed by atoms with Crippen LogP contribution in [0.1, 0.15) is 17.5 Å². The summed E-state index contributed by atoms with van der Waals surface area (Å²) in [5.74, 6) is 0.705. The molecule has 2 aromatic carbocycles. The summed E-state index contributed by atoms with van der Waals surface area (Å²) >= 11 is 0. The quantitative estimate of drug-likeness (QED) is 0.393. The molecule has 5 nitrogen and oxygen atoms in total. The first kappa shape index (κ1) is 15.2. The maximum Gasteiger partial charge on any atom is 0.266 e. The Bertz CT molecular complexity index is 1350. The van der Waals surface area contributed by atoms with Gasteiger partial charge in [0.05, 0.1) is 23.5 Å². The molecule has 0 amide bonds. The molecule has 1 aliphatic rings. The highest BCUT2D eigenvalue weighted by atomic mass is 16.5. The first-order valence-corrected chi connectivity index (χ1v) is 8.78. The van der Waals surface area contributed by atoms with Gasteiger partial charge in [-0.25, -0.2) is 0 Å². The molecule has 0 unspecified atom stereocenters. The zero-order chi connectivity index (χ0) is 18.0. The fourth-order valence-electron chi connectivity index (χ4n) is 4.17. The highest BCUT2D eigenvalue weighted by Crippen LogP contribution is 2.27. The van der Waals surface area contributed by atoms with Crippen molar-refractivity contribution in [3.63, 3.8) is 0 Å². The number of pyridine rings is 1. The van der Waals surface area contributed by atoms with Crippen molar-refractivity contribution in [3.8, 4) is 5.75 Å². The molecule has 26 heavy (non-hydrogen) atoms. The number of hydrogen-bond donors (Lipinski definition) is 0. The first-order valence-electron chi connectivity index (χ1n) is 8.78. The SMILES string of the molecule is COc1ccc2c(=O)n3c4ccc(C)cc4c(=O)c4c3n(c2c1)CCC4. The van der Waals surface area contributed by atoms with Gasteiger partial charge in [-0.1, -0.05) is 11.6 Å². The number of methoxy groups -OCH3 is 1. The number of aromatic nitrogens is 2. The van der Waals surface area contributed by atoms with E-state index in [0.717, 1.165) is 35.3 Å². The molecule has 0 radical (unpaired) electrons. The molecule has 0 N–H and O–H groups in total. The van der Waals surface area contributed by atoms with E-state index in [2.05, 4.69) is 4.57 Å². The van der Waals surface area contributed by atoms with Crippen molar-refractivity contribution in [2.75, 3.05) is 7.11 Å². The minimum Gasteiger partial charge on any atom is -0.497 e. The Labute approximate surface area is 149 Å². The first-order chi connectivity index (χ1) is 12.6. The summed E-state index contributed by atoms with van der Waals surface area (Å²) < 4.78 is 9.16. The second kappa shape index (κ2) is 5.21. The third kappa shape index (κ3) is 1.85. The van der Waals surface area contributed by atoms with E-state index in [-0.39, 0.29) is 11.0 Å². The number of benzene rings is 2. The molecule has 130 valence electrons. The van der Waals surface area contributed by atoms with Crippen molar-refractivity contribution >= 4 is 27.5 Å². The topological polar surface area (TPSA) is 52.7 Å². The van der Waals surface area contributed by atoms with E-state index in [1.165, 1.54) is 0 Å². The highest BCUT2D eigenvalue weighted by molar-refractivity contribution is 5.89. The monoisotopic (exact) mass is 346 g/mol. The number of hydrogen-bond acceptors (Lipinski definition) is 3. The third-order valence-corrected chi connectivity index (χ3v) is 5.39. The number of ether oxygens (including phenoxy) is 1. The smallest absolute Gasteiger partial charge is 0.266 e. The molecule has 0 saturated heterocycles. The molecule has 0 bridgehead atoms. The van der Waals surface area contributed by atoms with Gasteiger partial charge in [0.15, 0.2) is 5.43 Å². The molecule has 0 aliphatic carbocycles. The van der Waals surface area contributed by atoms with Gasteiger partial charge in [0, 0.05) is 23.6 Å². The molecule has 0 atom stereocenters. The molecular weight excluding hydrogens is 328 g/mol. The van der Waals surface area contributed by atoms with Gasteiger partial charge >= 0.3 is 0 Å². The number of rotatable bonds is 1. The summed E-state index contributed by atoms with van der Waals surface area (Å²) in [5.41, 5.74) is 3.92. The molecule has 5 heteroatoms. The van der Waals surface area contributed by atoms with Crippen LogP contribution < -0.4 is 15.7 Å². The van der Waals surface area contributed by atoms with Crippen molar-refractivity contribution in [3.05, 3.63) is 68.1 Å². The lowest BCUT2D eigenvalue weighted by Crippen LogP contribution is -2.29. The lowest BCUT2D eigenvalue weighted by atomic mass is 10.0. The van der Waals surface area contributed by atoms with Crippen molar-refractivity contribution in [2.45, 2.75) is 26.3 Å². The van der Waals surface area contributed by atoms with Crippen LogP contribution in [-0.2, 0) is 13.0 Å². The average Bonchev–Trinajstić information content (AvgIpc) is 2.67. The molecule has 2 aromatic heterocycles. The molecule has 4 aromatic rings. The Kier molecular flexibility index (Phi) is 3.04. The summed E-state index contributed by atoms with van der Waals surface area (Å²) in [5, 5.41) is 1.26. The second-order valence-electron chi connectivity index (χ2n) is 6.93. The van der Waals surface area contributed by atoms with Crippen LogP contribution >= 0.6 is 0 Å². The summed E-state index contributed by atoms with van der Waals surface area (Å²) in [6.45, 7) is 2.74. The lowest BCUT2D eigenvalue weighted by molar-refractivity contribution is 0.415. The Morgan fingerprint density at radius 1 is 1.00 bits per heavy atom. The van der Waals surface area contributed by atoms with Crippen molar-refractivity contribution in [2.24, 2.45) is 0 Å². The fraction of sp³-hybridized carbons (Fsp3) is 0.238. The van der Waals surface area contributed by atoms with E-state index >= 15 is 0 Å². The Morgan fingerprint density at radius 3 is 2.65 bits per heavy atom. The number of nitrogens with zero attached hydrogens (tertiary/aromatic N) is 2. The van der Waals surface area contributed by atoms with Gasteiger partial charge in [-0.2, -0.15) is 0 Å². The van der Waals surface area contributed by atoms with Crippen LogP contribution in [0.15, 0.2) is 46.0 Å². The van der Waals surface area contributed by atoms with Crippen LogP contribution in [0, 0.1) is 6.92 Å². The van der Waals surface area contributed by atoms with Crippen LogP contribution in [0.3, 0.4) is 0 Å². The molecule has 0 spiro atoms. The summed E-state index contributed by atoms with van der Waals surface area (Å²) in [7, 11) is 1.61. The van der Waals surface area contributed by atoms with Gasteiger partial charge in [-0.15, -0.1) is 0 Å². The van der Waals surface area contributed by atoms with E-state index in [9.17, 15) is 9.59 Å². The van der Waals surface area contributed by atoms with Crippen LogP contribution in [0.25, 0.3) is 27.5 Å². The summed E-state index contributed by atoms with van der Waals surface area (Å²) in [4.78, 5) is 26.5. The standard InChI is InChI=1S/C21H18N2O3/c1-12-5-8-17-16(10-12)19(24)15-4-3-9-22-18-11-13(26-2)6-7-14(18)21(25)23(17)20(15)22/h5-8,10-11H,3-4,9H2,1-2H3. The zero-order valence-corrected chi connectivity index (χ0v) is 14.7. The van der Waals surface area contributed by atoms with Crippen molar-refractivity contribution in [1.82, 2.24) is 8.97 Å². The summed E-state index contributed by atoms with van der Waals surface area (Å²) in [6.07, 6.45) is 1.57. The van der Waals surface area contributed by atoms with Gasteiger partial charge in [0.1, 0.15) is 11.4 Å². The minimum atomic E-state index is -0.0918. The van der Waals surface area contributed by atoms with Crippen LogP contribution in [0.4, 0.5) is 0 Å². The van der Waals surface area contributed by atoms with Gasteiger partial charge in [0.25, 0.3) is 5.56 Å². The molecular formula is C21H18N2O3. The van der Waals surface area contributed by atoms with Gasteiger partial charge in [0.2, 0.25) is 0 Å². The lowest BCUT2D eigenvalue weighted by Gasteiger charge is -2.23. The van der Waals surface area contributed by atoms with E-state index in [4.69, 9.17) is 4.74 Å². The Morgan fingerprint density at radius 2 is 1.85 bits per heavy atom. The van der Waals surface area contributed by atoms with Gasteiger partial charge < -0.3 is 9.30 Å². The molecule has 1 aliphatic heterocycles. The minimum absolute atomic E-state index is 0.0406. The van der Waals surface area contributed by atoms with Crippen molar-refractivity contribution in [1.29, 1.82) is 0 Å². The Hall–Kier alpha value is -3.08. The maximum absolute atomic E-state index is 13.3. The van der Waals surface area contributed by atoms with E-state index in [1.54, 1.807) is 17.6 Å². The summed E-state index contributed by atoms with van der Waals surface area (Å²) in [6, 6.07) is 11.2.